The molecule has 0 aliphatic heterocycles. The predicted molar refractivity (Wildman–Crippen MR) is 114 cm³/mol. The fourth-order valence-electron chi connectivity index (χ4n) is 3.07. The van der Waals surface area contributed by atoms with Crippen LogP contribution in [0.3, 0.4) is 0 Å². The summed E-state index contributed by atoms with van der Waals surface area (Å²) in [6.45, 7) is 16.9. The fraction of sp³-hybridized carbons (Fsp3) is 0.542. The van der Waals surface area contributed by atoms with Crippen molar-refractivity contribution in [2.24, 2.45) is 17.8 Å². The molecule has 27 heavy (non-hydrogen) atoms. The average molecular weight is 373 g/mol. The van der Waals surface area contributed by atoms with E-state index in [1.807, 2.05) is 52.0 Å². The summed E-state index contributed by atoms with van der Waals surface area (Å²) in [5.74, 6) is -0.283. The summed E-state index contributed by atoms with van der Waals surface area (Å²) in [4.78, 5) is 36.4. The molecule has 3 nitrogen and oxygen atoms in total. The van der Waals surface area contributed by atoms with Crippen LogP contribution in [0.1, 0.15) is 68.7 Å². The lowest BCUT2D eigenvalue weighted by molar-refractivity contribution is -0.129. The van der Waals surface area contributed by atoms with E-state index in [1.54, 1.807) is 20.8 Å². The first kappa shape index (κ1) is 25.0. The highest BCUT2D eigenvalue weighted by atomic mass is 16.2. The van der Waals surface area contributed by atoms with Crippen LogP contribution in [0.15, 0.2) is 46.6 Å². The molecule has 0 heterocycles. The molecule has 2 atom stereocenters. The van der Waals surface area contributed by atoms with Gasteiger partial charge in [0.1, 0.15) is 5.78 Å². The van der Waals surface area contributed by atoms with Crippen molar-refractivity contribution in [2.75, 3.05) is 0 Å². The summed E-state index contributed by atoms with van der Waals surface area (Å²) in [6.07, 6.45) is 8.11. The first-order chi connectivity index (χ1) is 12.4. The number of Topliss-reactive ketones (excluding diaryl/α,β-unsaturated/α-hetero) is 3. The van der Waals surface area contributed by atoms with Crippen molar-refractivity contribution in [1.29, 1.82) is 0 Å². The Hall–Kier alpha value is -2.03. The first-order valence-corrected chi connectivity index (χ1v) is 9.75. The molecule has 0 amide bonds. The van der Waals surface area contributed by atoms with Crippen molar-refractivity contribution in [3.05, 3.63) is 46.6 Å². The van der Waals surface area contributed by atoms with Gasteiger partial charge in [-0.2, -0.15) is 0 Å². The predicted octanol–water partition coefficient (Wildman–Crippen LogP) is 5.82. The number of rotatable bonds is 10. The number of hydrogen-bond acceptors (Lipinski definition) is 3. The van der Waals surface area contributed by atoms with E-state index in [4.69, 9.17) is 0 Å². The lowest BCUT2D eigenvalue weighted by Crippen LogP contribution is -2.21. The van der Waals surface area contributed by atoms with Crippen LogP contribution < -0.4 is 0 Å². The molecule has 0 saturated heterocycles. The molecule has 150 valence electrons. The van der Waals surface area contributed by atoms with Crippen molar-refractivity contribution in [1.82, 2.24) is 0 Å². The van der Waals surface area contributed by atoms with Crippen LogP contribution in [0.4, 0.5) is 0 Å². The average Bonchev–Trinajstić information content (AvgIpc) is 2.57. The van der Waals surface area contributed by atoms with Gasteiger partial charge in [-0.15, -0.1) is 0 Å². The van der Waals surface area contributed by atoms with Gasteiger partial charge in [0, 0.05) is 6.42 Å². The van der Waals surface area contributed by atoms with Gasteiger partial charge in [-0.1, -0.05) is 57.6 Å². The molecule has 0 radical (unpaired) electrons. The largest absolute Gasteiger partial charge is 0.299 e. The van der Waals surface area contributed by atoms with Gasteiger partial charge in [-0.05, 0) is 63.2 Å². The number of allylic oxidation sites excluding steroid dienone is 8. The van der Waals surface area contributed by atoms with Crippen LogP contribution in [0.2, 0.25) is 0 Å². The molecule has 0 saturated carbocycles. The molecule has 0 aromatic heterocycles. The minimum Gasteiger partial charge on any atom is -0.299 e. The van der Waals surface area contributed by atoms with E-state index >= 15 is 0 Å². The molecular weight excluding hydrogens is 336 g/mol. The summed E-state index contributed by atoms with van der Waals surface area (Å²) in [5.41, 5.74) is 3.01. The monoisotopic (exact) mass is 372 g/mol. The minimum absolute atomic E-state index is 0.0374. The Bertz CT molecular complexity index is 684. The van der Waals surface area contributed by atoms with E-state index in [1.165, 1.54) is 0 Å². The Morgan fingerprint density at radius 3 is 1.78 bits per heavy atom. The van der Waals surface area contributed by atoms with Gasteiger partial charge in [0.2, 0.25) is 0 Å². The number of ketones is 3. The van der Waals surface area contributed by atoms with Crippen molar-refractivity contribution >= 4 is 17.3 Å². The zero-order valence-corrected chi connectivity index (χ0v) is 18.5. The van der Waals surface area contributed by atoms with Crippen LogP contribution in [0.5, 0.6) is 0 Å². The highest BCUT2D eigenvalue weighted by Crippen LogP contribution is 2.16. The molecule has 0 fully saturated rings. The standard InChI is InChI=1S/C24H36O3/c1-10-22(25)21(9)24(27)20(8)14-17(5)12-16(4)13-19(7)23(26)18(6)11-15(2)3/h11-16,21H,10H2,1-9H3/b17-12+,18-11+,19-13+,20-14+. The lowest BCUT2D eigenvalue weighted by Gasteiger charge is -2.09. The number of carbonyl (C=O) groups excluding carboxylic acids is 3. The zero-order chi connectivity index (χ0) is 21.3. The second-order valence-electron chi connectivity index (χ2n) is 7.78. The second kappa shape index (κ2) is 11.6. The third kappa shape index (κ3) is 8.94. The quantitative estimate of drug-likeness (QED) is 0.276. The van der Waals surface area contributed by atoms with E-state index in [-0.39, 0.29) is 23.3 Å². The Balaban J connectivity index is 5.26. The van der Waals surface area contributed by atoms with E-state index in [0.717, 1.165) is 16.7 Å². The van der Waals surface area contributed by atoms with Gasteiger partial charge in [0.05, 0.1) is 5.92 Å². The van der Waals surface area contributed by atoms with Crippen LogP contribution in [0, 0.1) is 17.8 Å². The van der Waals surface area contributed by atoms with Gasteiger partial charge < -0.3 is 0 Å². The van der Waals surface area contributed by atoms with Gasteiger partial charge in [-0.25, -0.2) is 0 Å². The third-order valence-electron chi connectivity index (χ3n) is 4.40. The molecular formula is C24H36O3. The molecule has 0 spiro atoms. The highest BCUT2D eigenvalue weighted by Gasteiger charge is 2.20. The van der Waals surface area contributed by atoms with Crippen LogP contribution in [-0.4, -0.2) is 17.3 Å². The van der Waals surface area contributed by atoms with Gasteiger partial charge in [0.25, 0.3) is 0 Å². The Morgan fingerprint density at radius 2 is 1.30 bits per heavy atom. The molecule has 2 unspecified atom stereocenters. The maximum atomic E-state index is 12.4. The van der Waals surface area contributed by atoms with E-state index < -0.39 is 5.92 Å². The maximum absolute atomic E-state index is 12.4. The fourth-order valence-corrected chi connectivity index (χ4v) is 3.07. The topological polar surface area (TPSA) is 51.2 Å². The molecule has 0 N–H and O–H groups in total. The van der Waals surface area contributed by atoms with Crippen LogP contribution in [0.25, 0.3) is 0 Å². The Labute approximate surface area is 165 Å². The maximum Gasteiger partial charge on any atom is 0.183 e. The second-order valence-corrected chi connectivity index (χ2v) is 7.78. The molecule has 0 aliphatic rings. The zero-order valence-electron chi connectivity index (χ0n) is 18.5. The number of carbonyl (C=O) groups is 3. The third-order valence-corrected chi connectivity index (χ3v) is 4.40. The molecule has 0 aliphatic carbocycles. The normalized spacial score (nSPS) is 16.4. The first-order valence-electron chi connectivity index (χ1n) is 9.75. The minimum atomic E-state index is -0.591. The molecule has 0 rings (SSSR count). The molecule has 0 aromatic carbocycles. The summed E-state index contributed by atoms with van der Waals surface area (Å²) < 4.78 is 0. The van der Waals surface area contributed by atoms with E-state index in [0.29, 0.717) is 17.9 Å². The molecule has 0 aromatic rings. The summed E-state index contributed by atoms with van der Waals surface area (Å²) >= 11 is 0. The van der Waals surface area contributed by atoms with Crippen LogP contribution in [-0.2, 0) is 14.4 Å². The van der Waals surface area contributed by atoms with Gasteiger partial charge in [0.15, 0.2) is 11.6 Å². The van der Waals surface area contributed by atoms with Crippen molar-refractivity contribution in [2.45, 2.75) is 68.7 Å². The van der Waals surface area contributed by atoms with Crippen molar-refractivity contribution in [3.8, 4) is 0 Å². The summed E-state index contributed by atoms with van der Waals surface area (Å²) in [6, 6.07) is 0. The van der Waals surface area contributed by atoms with Gasteiger partial charge in [-0.3, -0.25) is 14.4 Å². The number of hydrogen-bond donors (Lipinski definition) is 0. The van der Waals surface area contributed by atoms with Gasteiger partial charge >= 0.3 is 0 Å². The smallest absolute Gasteiger partial charge is 0.183 e. The summed E-state index contributed by atoms with van der Waals surface area (Å²) in [5, 5.41) is 0. The highest BCUT2D eigenvalue weighted by molar-refractivity contribution is 6.09. The van der Waals surface area contributed by atoms with Crippen molar-refractivity contribution < 1.29 is 14.4 Å². The van der Waals surface area contributed by atoms with Crippen LogP contribution >= 0.6 is 0 Å². The Morgan fingerprint density at radius 1 is 0.778 bits per heavy atom. The molecule has 0 bridgehead atoms. The summed E-state index contributed by atoms with van der Waals surface area (Å²) in [7, 11) is 0. The molecule has 3 heteroatoms. The Kier molecular flexibility index (Phi) is 10.8. The van der Waals surface area contributed by atoms with E-state index in [9.17, 15) is 14.4 Å². The van der Waals surface area contributed by atoms with E-state index in [2.05, 4.69) is 13.8 Å². The van der Waals surface area contributed by atoms with Crippen molar-refractivity contribution in [3.63, 3.8) is 0 Å². The lowest BCUT2D eigenvalue weighted by atomic mass is 9.93. The SMILES string of the molecule is CCC(=O)C(C)C(=O)/C(C)=C/C(C)=C/C(C)/C=C(\C)C(=O)/C(C)=C/C(C)C.